The van der Waals surface area contributed by atoms with Gasteiger partial charge in [-0.3, -0.25) is 5.10 Å². The molecule has 2 N–H and O–H groups in total. The summed E-state index contributed by atoms with van der Waals surface area (Å²) in [7, 11) is 0. The van der Waals surface area contributed by atoms with Crippen molar-refractivity contribution >= 4 is 11.5 Å². The van der Waals surface area contributed by atoms with E-state index in [1.807, 2.05) is 26.1 Å². The molecule has 3 aromatic rings. The lowest BCUT2D eigenvalue weighted by atomic mass is 10.2. The molecule has 0 saturated heterocycles. The summed E-state index contributed by atoms with van der Waals surface area (Å²) in [5.74, 6) is 0.933. The van der Waals surface area contributed by atoms with Crippen LogP contribution in [0.15, 0.2) is 24.7 Å². The van der Waals surface area contributed by atoms with Crippen LogP contribution in [0.4, 0.5) is 5.82 Å². The van der Waals surface area contributed by atoms with Crippen molar-refractivity contribution in [2.45, 2.75) is 20.4 Å². The number of nitrogens with zero attached hydrogens (tertiary/aromatic N) is 4. The van der Waals surface area contributed by atoms with E-state index in [1.165, 1.54) is 0 Å². The molecule has 0 radical (unpaired) electrons. The summed E-state index contributed by atoms with van der Waals surface area (Å²) in [4.78, 5) is 4.20. The Morgan fingerprint density at radius 3 is 3.00 bits per heavy atom. The highest BCUT2D eigenvalue weighted by Gasteiger charge is 2.05. The fraction of sp³-hybridized carbons (Fsp3) is 0.250. The number of anilines is 1. The first-order valence-electron chi connectivity index (χ1n) is 5.77. The third-order valence-corrected chi connectivity index (χ3v) is 2.92. The first-order valence-corrected chi connectivity index (χ1v) is 5.77. The Morgan fingerprint density at radius 2 is 2.22 bits per heavy atom. The zero-order valence-corrected chi connectivity index (χ0v) is 10.3. The van der Waals surface area contributed by atoms with Gasteiger partial charge in [0.15, 0.2) is 5.65 Å². The van der Waals surface area contributed by atoms with Crippen LogP contribution < -0.4 is 5.32 Å². The van der Waals surface area contributed by atoms with Crippen molar-refractivity contribution in [1.29, 1.82) is 0 Å². The van der Waals surface area contributed by atoms with Crippen LogP contribution in [0.2, 0.25) is 0 Å². The highest BCUT2D eigenvalue weighted by Crippen LogP contribution is 2.14. The molecule has 0 fully saturated rings. The summed E-state index contributed by atoms with van der Waals surface area (Å²) in [5.41, 5.74) is 4.22. The normalized spacial score (nSPS) is 11.0. The molecule has 0 aliphatic rings. The second-order valence-corrected chi connectivity index (χ2v) is 4.32. The average Bonchev–Trinajstić information content (AvgIpc) is 2.94. The van der Waals surface area contributed by atoms with Crippen molar-refractivity contribution in [2.24, 2.45) is 0 Å². The Morgan fingerprint density at radius 1 is 1.33 bits per heavy atom. The molecule has 0 aromatic carbocycles. The van der Waals surface area contributed by atoms with Crippen LogP contribution in [0.3, 0.4) is 0 Å². The van der Waals surface area contributed by atoms with Crippen LogP contribution in [0, 0.1) is 13.8 Å². The number of fused-ring (bicyclic) bond motifs is 1. The largest absolute Gasteiger partial charge is 0.366 e. The summed E-state index contributed by atoms with van der Waals surface area (Å²) < 4.78 is 1.79. The van der Waals surface area contributed by atoms with Crippen LogP contribution in [0.25, 0.3) is 5.65 Å². The number of pyridine rings is 1. The smallest absolute Gasteiger partial charge is 0.157 e. The maximum atomic E-state index is 4.20. The molecule has 6 heteroatoms. The van der Waals surface area contributed by atoms with Crippen molar-refractivity contribution in [3.63, 3.8) is 0 Å². The molecule has 0 bridgehead atoms. The van der Waals surface area contributed by atoms with E-state index in [9.17, 15) is 0 Å². The van der Waals surface area contributed by atoms with Gasteiger partial charge in [0.2, 0.25) is 0 Å². The molecule has 92 valence electrons. The Kier molecular flexibility index (Phi) is 2.47. The van der Waals surface area contributed by atoms with Crippen molar-refractivity contribution in [1.82, 2.24) is 24.8 Å². The molecule has 3 rings (SSSR count). The van der Waals surface area contributed by atoms with Crippen molar-refractivity contribution in [3.05, 3.63) is 41.5 Å². The van der Waals surface area contributed by atoms with Gasteiger partial charge in [0.25, 0.3) is 0 Å². The van der Waals surface area contributed by atoms with Gasteiger partial charge in [-0.1, -0.05) is 0 Å². The predicted octanol–water partition coefficient (Wildman–Crippen LogP) is 1.68. The first-order chi connectivity index (χ1) is 8.74. The molecule has 18 heavy (non-hydrogen) atoms. The number of nitrogens with one attached hydrogen (secondary N) is 2. The zero-order valence-electron chi connectivity index (χ0n) is 10.3. The summed E-state index contributed by atoms with van der Waals surface area (Å²) in [6, 6.07) is 4.05. The van der Waals surface area contributed by atoms with Gasteiger partial charge < -0.3 is 5.32 Å². The molecule has 0 aliphatic heterocycles. The van der Waals surface area contributed by atoms with Crippen LogP contribution in [-0.4, -0.2) is 24.8 Å². The van der Waals surface area contributed by atoms with E-state index in [0.717, 1.165) is 28.3 Å². The second kappa shape index (κ2) is 4.14. The van der Waals surface area contributed by atoms with Crippen LogP contribution in [0.5, 0.6) is 0 Å². The number of aryl methyl sites for hydroxylation is 2. The van der Waals surface area contributed by atoms with E-state index in [4.69, 9.17) is 0 Å². The van der Waals surface area contributed by atoms with Gasteiger partial charge in [0.1, 0.15) is 12.1 Å². The monoisotopic (exact) mass is 242 g/mol. The van der Waals surface area contributed by atoms with Gasteiger partial charge in [-0.2, -0.15) is 14.7 Å². The fourth-order valence-corrected chi connectivity index (χ4v) is 1.92. The standard InChI is InChI=1S/C12H14N6/c1-8-3-11(18-12(4-8)14-7-16-18)13-5-10-6-15-17-9(10)2/h3-4,6-7,13H,5H2,1-2H3,(H,15,17). The van der Waals surface area contributed by atoms with E-state index in [-0.39, 0.29) is 0 Å². The van der Waals surface area contributed by atoms with Gasteiger partial charge in [-0.15, -0.1) is 0 Å². The maximum absolute atomic E-state index is 4.20. The minimum Gasteiger partial charge on any atom is -0.366 e. The van der Waals surface area contributed by atoms with E-state index in [2.05, 4.69) is 31.7 Å². The topological polar surface area (TPSA) is 70.9 Å². The molecule has 0 saturated carbocycles. The van der Waals surface area contributed by atoms with Crippen LogP contribution in [0.1, 0.15) is 16.8 Å². The van der Waals surface area contributed by atoms with Gasteiger partial charge in [-0.25, -0.2) is 4.98 Å². The third-order valence-electron chi connectivity index (χ3n) is 2.92. The van der Waals surface area contributed by atoms with Gasteiger partial charge >= 0.3 is 0 Å². The number of hydrogen-bond acceptors (Lipinski definition) is 4. The summed E-state index contributed by atoms with van der Waals surface area (Å²) >= 11 is 0. The molecule has 3 heterocycles. The van der Waals surface area contributed by atoms with Gasteiger partial charge in [0, 0.05) is 17.8 Å². The molecular weight excluding hydrogens is 228 g/mol. The molecule has 0 atom stereocenters. The predicted molar refractivity (Wildman–Crippen MR) is 68.4 cm³/mol. The molecule has 0 amide bonds. The van der Waals surface area contributed by atoms with Crippen LogP contribution >= 0.6 is 0 Å². The van der Waals surface area contributed by atoms with E-state index in [1.54, 1.807) is 10.8 Å². The minimum atomic E-state index is 0.709. The fourth-order valence-electron chi connectivity index (χ4n) is 1.92. The maximum Gasteiger partial charge on any atom is 0.157 e. The lowest BCUT2D eigenvalue weighted by molar-refractivity contribution is 0.939. The van der Waals surface area contributed by atoms with E-state index in [0.29, 0.717) is 6.54 Å². The molecule has 0 unspecified atom stereocenters. The van der Waals surface area contributed by atoms with E-state index < -0.39 is 0 Å². The lowest BCUT2D eigenvalue weighted by Crippen LogP contribution is -2.05. The molecule has 0 spiro atoms. The van der Waals surface area contributed by atoms with Crippen molar-refractivity contribution in [3.8, 4) is 0 Å². The van der Waals surface area contributed by atoms with Crippen molar-refractivity contribution in [2.75, 3.05) is 5.32 Å². The number of H-pyrrole nitrogens is 1. The molecule has 6 nitrogen and oxygen atoms in total. The van der Waals surface area contributed by atoms with Crippen molar-refractivity contribution < 1.29 is 0 Å². The summed E-state index contributed by atoms with van der Waals surface area (Å²) in [6.45, 7) is 4.76. The van der Waals surface area contributed by atoms with Crippen LogP contribution in [-0.2, 0) is 6.54 Å². The third kappa shape index (κ3) is 1.81. The van der Waals surface area contributed by atoms with E-state index >= 15 is 0 Å². The number of aromatic nitrogens is 5. The Balaban J connectivity index is 1.90. The molecular formula is C12H14N6. The van der Waals surface area contributed by atoms with Gasteiger partial charge in [-0.05, 0) is 31.5 Å². The Bertz CT molecular complexity index is 681. The highest BCUT2D eigenvalue weighted by molar-refractivity contribution is 5.51. The Hall–Kier alpha value is -2.37. The number of rotatable bonds is 3. The zero-order chi connectivity index (χ0) is 12.5. The Labute approximate surface area is 104 Å². The second-order valence-electron chi connectivity index (χ2n) is 4.32. The quantitative estimate of drug-likeness (QED) is 0.733. The average molecular weight is 242 g/mol. The first kappa shape index (κ1) is 10.8. The molecule has 0 aliphatic carbocycles. The lowest BCUT2D eigenvalue weighted by Gasteiger charge is -2.08. The number of hydrogen-bond donors (Lipinski definition) is 2. The summed E-state index contributed by atoms with van der Waals surface area (Å²) in [6.07, 6.45) is 3.39. The van der Waals surface area contributed by atoms with Gasteiger partial charge in [0.05, 0.1) is 6.20 Å². The molecule has 3 aromatic heterocycles. The summed E-state index contributed by atoms with van der Waals surface area (Å²) in [5, 5.41) is 14.5. The SMILES string of the molecule is Cc1cc(NCc2cn[nH]c2C)n2ncnc2c1. The number of aromatic amines is 1. The minimum absolute atomic E-state index is 0.709. The highest BCUT2D eigenvalue weighted by atomic mass is 15.3.